The lowest BCUT2D eigenvalue weighted by atomic mass is 10.3. The number of pyridine rings is 1. The van der Waals surface area contributed by atoms with Crippen LogP contribution in [0.15, 0.2) is 34.8 Å². The average Bonchev–Trinajstić information content (AvgIpc) is 2.60. The molecule has 1 heterocycles. The van der Waals surface area contributed by atoms with Crippen LogP contribution in [0.25, 0.3) is 0 Å². The molecule has 0 atom stereocenters. The number of carbonyl (C=O) groups excluding carboxylic acids is 1. The maximum absolute atomic E-state index is 11.1. The summed E-state index contributed by atoms with van der Waals surface area (Å²) in [7, 11) is 1.35. The number of nitro groups is 1. The molecular formula is C16H16BrN3O7. The van der Waals surface area contributed by atoms with Crippen LogP contribution in [0.2, 0.25) is 0 Å². The molecule has 10 nitrogen and oxygen atoms in total. The van der Waals surface area contributed by atoms with Crippen LogP contribution >= 0.6 is 15.9 Å². The first-order valence-corrected chi connectivity index (χ1v) is 8.35. The van der Waals surface area contributed by atoms with Crippen LogP contribution in [-0.4, -0.2) is 36.3 Å². The second kappa shape index (κ2) is 9.69. The quantitative estimate of drug-likeness (QED) is 0.356. The van der Waals surface area contributed by atoms with Gasteiger partial charge in [0.1, 0.15) is 12.4 Å². The summed E-state index contributed by atoms with van der Waals surface area (Å²) < 4.78 is 21.0. The Kier molecular flexibility index (Phi) is 7.32. The van der Waals surface area contributed by atoms with Gasteiger partial charge in [-0.2, -0.15) is 0 Å². The topological polar surface area (TPSA) is 136 Å². The molecule has 2 rings (SSSR count). The number of methoxy groups -OCH3 is 1. The fraction of sp³-hybridized carbons (Fsp3) is 0.250. The fourth-order valence-corrected chi connectivity index (χ4v) is 2.66. The Labute approximate surface area is 162 Å². The van der Waals surface area contributed by atoms with E-state index in [-0.39, 0.29) is 37.1 Å². The fourth-order valence-electron chi connectivity index (χ4n) is 2.07. The van der Waals surface area contributed by atoms with Gasteiger partial charge in [-0.25, -0.2) is 9.78 Å². The van der Waals surface area contributed by atoms with E-state index in [0.717, 1.165) is 0 Å². The molecular weight excluding hydrogens is 426 g/mol. The molecule has 11 heteroatoms. The van der Waals surface area contributed by atoms with Crippen molar-refractivity contribution in [1.29, 1.82) is 0 Å². The summed E-state index contributed by atoms with van der Waals surface area (Å²) in [4.78, 5) is 25.3. The van der Waals surface area contributed by atoms with E-state index in [2.05, 4.69) is 25.7 Å². The minimum absolute atomic E-state index is 0.0789. The van der Waals surface area contributed by atoms with Gasteiger partial charge in [-0.3, -0.25) is 10.1 Å². The lowest BCUT2D eigenvalue weighted by molar-refractivity contribution is -0.385. The van der Waals surface area contributed by atoms with Crippen molar-refractivity contribution in [2.45, 2.75) is 6.61 Å². The summed E-state index contributed by atoms with van der Waals surface area (Å²) in [6.45, 7) is 0.527. The van der Waals surface area contributed by atoms with Crippen LogP contribution in [0.3, 0.4) is 0 Å². The summed E-state index contributed by atoms with van der Waals surface area (Å²) >= 11 is 3.21. The number of nitrogens with zero attached hydrogens (tertiary/aromatic N) is 2. The monoisotopic (exact) mass is 441 g/mol. The van der Waals surface area contributed by atoms with E-state index < -0.39 is 11.0 Å². The molecule has 1 aromatic carbocycles. The number of benzene rings is 1. The Morgan fingerprint density at radius 2 is 2.11 bits per heavy atom. The zero-order valence-corrected chi connectivity index (χ0v) is 15.8. The summed E-state index contributed by atoms with van der Waals surface area (Å²) in [5, 5.41) is 11.1. The number of rotatable bonds is 9. The van der Waals surface area contributed by atoms with Crippen molar-refractivity contribution in [3.63, 3.8) is 0 Å². The molecule has 0 aliphatic heterocycles. The van der Waals surface area contributed by atoms with Crippen LogP contribution in [0.5, 0.6) is 17.4 Å². The third kappa shape index (κ3) is 6.08. The predicted octanol–water partition coefficient (Wildman–Crippen LogP) is 2.81. The van der Waals surface area contributed by atoms with E-state index >= 15 is 0 Å². The third-order valence-electron chi connectivity index (χ3n) is 3.13. The minimum atomic E-state index is -0.950. The Balaban J connectivity index is 1.85. The Bertz CT molecular complexity index is 832. The molecule has 0 unspecified atom stereocenters. The second-order valence-corrected chi connectivity index (χ2v) is 5.86. The summed E-state index contributed by atoms with van der Waals surface area (Å²) in [6.07, 6.45) is -0.950. The second-order valence-electron chi connectivity index (χ2n) is 5.00. The van der Waals surface area contributed by atoms with E-state index in [1.54, 1.807) is 18.2 Å². The van der Waals surface area contributed by atoms with Crippen LogP contribution in [0, 0.1) is 10.1 Å². The van der Waals surface area contributed by atoms with Crippen LogP contribution in [0.4, 0.5) is 10.5 Å². The number of primary amides is 1. The Morgan fingerprint density at radius 1 is 1.33 bits per heavy atom. The van der Waals surface area contributed by atoms with Gasteiger partial charge in [0.15, 0.2) is 0 Å². The smallest absolute Gasteiger partial charge is 0.411 e. The van der Waals surface area contributed by atoms with Gasteiger partial charge in [-0.15, -0.1) is 0 Å². The van der Waals surface area contributed by atoms with Gasteiger partial charge in [0.2, 0.25) is 11.6 Å². The van der Waals surface area contributed by atoms with E-state index in [9.17, 15) is 14.9 Å². The molecule has 0 aliphatic carbocycles. The van der Waals surface area contributed by atoms with Gasteiger partial charge >= 0.3 is 11.8 Å². The molecule has 0 aliphatic rings. The standard InChI is InChI=1S/C16H16BrN3O7/c1-24-15-12(17)7-11(8-13(15)20(22)23)26-6-5-25-9-10-3-2-4-14(19-10)27-16(18)21/h2-4,7-8H,5-6,9H2,1H3,(H2,18,21). The van der Waals surface area contributed by atoms with Crippen molar-refractivity contribution in [3.05, 3.63) is 50.6 Å². The zero-order chi connectivity index (χ0) is 19.8. The van der Waals surface area contributed by atoms with Crippen molar-refractivity contribution < 1.29 is 28.7 Å². The number of hydrogen-bond acceptors (Lipinski definition) is 8. The number of ether oxygens (including phenoxy) is 4. The lowest BCUT2D eigenvalue weighted by Crippen LogP contribution is -2.17. The number of nitro benzene ring substituents is 1. The Morgan fingerprint density at radius 3 is 2.78 bits per heavy atom. The van der Waals surface area contributed by atoms with Gasteiger partial charge < -0.3 is 24.7 Å². The highest BCUT2D eigenvalue weighted by Crippen LogP contribution is 2.38. The van der Waals surface area contributed by atoms with Crippen molar-refractivity contribution in [2.24, 2.45) is 5.73 Å². The van der Waals surface area contributed by atoms with Crippen molar-refractivity contribution in [2.75, 3.05) is 20.3 Å². The number of halogens is 1. The SMILES string of the molecule is COc1c(Br)cc(OCCOCc2cccc(OC(N)=O)n2)cc1[N+](=O)[O-]. The zero-order valence-electron chi connectivity index (χ0n) is 14.2. The van der Waals surface area contributed by atoms with E-state index in [1.807, 2.05) is 0 Å². The maximum Gasteiger partial charge on any atom is 0.411 e. The molecule has 144 valence electrons. The summed E-state index contributed by atoms with van der Waals surface area (Å²) in [5.41, 5.74) is 5.25. The molecule has 27 heavy (non-hydrogen) atoms. The van der Waals surface area contributed by atoms with E-state index in [1.165, 1.54) is 19.2 Å². The molecule has 0 saturated heterocycles. The van der Waals surface area contributed by atoms with Crippen LogP contribution < -0.4 is 19.9 Å². The van der Waals surface area contributed by atoms with Gasteiger partial charge in [-0.1, -0.05) is 6.07 Å². The molecule has 0 fully saturated rings. The normalized spacial score (nSPS) is 10.3. The highest BCUT2D eigenvalue weighted by molar-refractivity contribution is 9.10. The number of aromatic nitrogens is 1. The molecule has 2 N–H and O–H groups in total. The number of nitrogens with two attached hydrogens (primary N) is 1. The third-order valence-corrected chi connectivity index (χ3v) is 3.72. The van der Waals surface area contributed by atoms with Gasteiger partial charge in [0.05, 0.1) is 41.5 Å². The minimum Gasteiger partial charge on any atom is -0.491 e. The molecule has 2 aromatic rings. The van der Waals surface area contributed by atoms with Crippen molar-refractivity contribution >= 4 is 27.7 Å². The van der Waals surface area contributed by atoms with Gasteiger partial charge in [-0.05, 0) is 28.1 Å². The number of hydrogen-bond donors (Lipinski definition) is 1. The first kappa shape index (κ1) is 20.4. The average molecular weight is 442 g/mol. The van der Waals surface area contributed by atoms with E-state index in [0.29, 0.717) is 15.9 Å². The molecule has 0 spiro atoms. The first-order chi connectivity index (χ1) is 12.9. The molecule has 0 bridgehead atoms. The van der Waals surface area contributed by atoms with Gasteiger partial charge in [0.25, 0.3) is 0 Å². The molecule has 0 radical (unpaired) electrons. The van der Waals surface area contributed by atoms with Crippen LogP contribution in [-0.2, 0) is 11.3 Å². The lowest BCUT2D eigenvalue weighted by Gasteiger charge is -2.10. The predicted molar refractivity (Wildman–Crippen MR) is 96.9 cm³/mol. The Hall–Kier alpha value is -2.92. The molecule has 0 saturated carbocycles. The summed E-state index contributed by atoms with van der Waals surface area (Å²) in [5.74, 6) is 0.496. The molecule has 1 amide bonds. The largest absolute Gasteiger partial charge is 0.491 e. The van der Waals surface area contributed by atoms with Crippen molar-refractivity contribution in [1.82, 2.24) is 4.98 Å². The summed E-state index contributed by atoms with van der Waals surface area (Å²) in [6, 6.07) is 7.67. The maximum atomic E-state index is 11.1. The highest BCUT2D eigenvalue weighted by Gasteiger charge is 2.20. The number of carbonyl (C=O) groups is 1. The van der Waals surface area contributed by atoms with E-state index in [4.69, 9.17) is 19.9 Å². The highest BCUT2D eigenvalue weighted by atomic mass is 79.9. The van der Waals surface area contributed by atoms with Crippen LogP contribution in [0.1, 0.15) is 5.69 Å². The molecule has 1 aromatic heterocycles. The number of amides is 1. The van der Waals surface area contributed by atoms with Crippen molar-refractivity contribution in [3.8, 4) is 17.4 Å². The first-order valence-electron chi connectivity index (χ1n) is 7.56. The van der Waals surface area contributed by atoms with Gasteiger partial charge in [0, 0.05) is 6.07 Å².